The van der Waals surface area contributed by atoms with Crippen molar-refractivity contribution in [2.75, 3.05) is 11.5 Å². The molecule has 1 aromatic rings. The van der Waals surface area contributed by atoms with Crippen LogP contribution < -0.4 is 5.73 Å². The first-order valence-corrected chi connectivity index (χ1v) is 6.15. The topological polar surface area (TPSA) is 78.0 Å². The Morgan fingerprint density at radius 3 is 2.71 bits per heavy atom. The molecular weight excluding hydrogens is 202 g/mol. The molecule has 0 amide bonds. The minimum atomic E-state index is -3.28. The molecule has 0 unspecified atom stereocenters. The minimum absolute atomic E-state index is 0.189. The van der Waals surface area contributed by atoms with E-state index in [-0.39, 0.29) is 11.6 Å². The Hall–Kier alpha value is -1.04. The van der Waals surface area contributed by atoms with Gasteiger partial charge in [0.2, 0.25) is 0 Å². The van der Waals surface area contributed by atoms with Crippen LogP contribution in [0, 0.1) is 12.8 Å². The zero-order valence-electron chi connectivity index (χ0n) is 7.97. The monoisotopic (exact) mass is 215 g/mol. The van der Waals surface area contributed by atoms with Crippen molar-refractivity contribution in [3.05, 3.63) is 11.8 Å². The Balaban J connectivity index is 2.32. The van der Waals surface area contributed by atoms with Gasteiger partial charge in [0.15, 0.2) is 0 Å². The van der Waals surface area contributed by atoms with Gasteiger partial charge in [-0.2, -0.15) is 4.09 Å². The molecule has 0 atom stereocenters. The van der Waals surface area contributed by atoms with E-state index in [0.717, 1.165) is 16.9 Å². The molecule has 1 aliphatic rings. The molecule has 2 N–H and O–H groups in total. The third-order valence-corrected chi connectivity index (χ3v) is 4.06. The third-order valence-electron chi connectivity index (χ3n) is 2.27. The maximum absolute atomic E-state index is 11.8. The highest BCUT2D eigenvalue weighted by Gasteiger charge is 2.30. The molecule has 1 aliphatic carbocycles. The minimum Gasteiger partial charge on any atom is -0.382 e. The predicted octanol–water partition coefficient (Wildman–Crippen LogP) is 0.362. The molecule has 5 nitrogen and oxygen atoms in total. The second-order valence-corrected chi connectivity index (χ2v) is 5.62. The van der Waals surface area contributed by atoms with E-state index in [1.807, 2.05) is 0 Å². The number of rotatable bonds is 3. The van der Waals surface area contributed by atoms with Gasteiger partial charge in [-0.3, -0.25) is 0 Å². The van der Waals surface area contributed by atoms with Crippen molar-refractivity contribution in [1.82, 2.24) is 9.19 Å². The summed E-state index contributed by atoms with van der Waals surface area (Å²) < 4.78 is 24.6. The van der Waals surface area contributed by atoms with E-state index >= 15 is 0 Å². The van der Waals surface area contributed by atoms with Crippen LogP contribution in [0.4, 0.5) is 5.82 Å². The first-order chi connectivity index (χ1) is 6.49. The zero-order chi connectivity index (χ0) is 10.3. The fraction of sp³-hybridized carbons (Fsp3) is 0.625. The number of nitrogens with two attached hydrogens (primary N) is 1. The van der Waals surface area contributed by atoms with Gasteiger partial charge in [0.25, 0.3) is 10.0 Å². The lowest BCUT2D eigenvalue weighted by Gasteiger charge is -2.04. The second kappa shape index (κ2) is 2.98. The molecule has 0 aromatic carbocycles. The summed E-state index contributed by atoms with van der Waals surface area (Å²) in [4.78, 5) is 0. The van der Waals surface area contributed by atoms with E-state index in [9.17, 15) is 8.42 Å². The molecule has 6 heteroatoms. The van der Waals surface area contributed by atoms with Gasteiger partial charge >= 0.3 is 0 Å². The van der Waals surface area contributed by atoms with Gasteiger partial charge < -0.3 is 5.73 Å². The van der Waals surface area contributed by atoms with Crippen molar-refractivity contribution < 1.29 is 8.42 Å². The SMILES string of the molecule is Cc1cc(N)nn1S(=O)(=O)CC1CC1. The van der Waals surface area contributed by atoms with E-state index in [0.29, 0.717) is 11.6 Å². The molecule has 1 fully saturated rings. The molecule has 78 valence electrons. The first-order valence-electron chi connectivity index (χ1n) is 4.54. The lowest BCUT2D eigenvalue weighted by molar-refractivity contribution is 0.574. The lowest BCUT2D eigenvalue weighted by Crippen LogP contribution is -2.20. The number of nitrogen functional groups attached to an aromatic ring is 1. The molecule has 1 aromatic heterocycles. The van der Waals surface area contributed by atoms with E-state index in [4.69, 9.17) is 5.73 Å². The molecular formula is C8H13N3O2S. The zero-order valence-corrected chi connectivity index (χ0v) is 8.79. The van der Waals surface area contributed by atoms with Crippen LogP contribution in [0.25, 0.3) is 0 Å². The van der Waals surface area contributed by atoms with Crippen LogP contribution in [0.1, 0.15) is 18.5 Å². The van der Waals surface area contributed by atoms with Crippen LogP contribution in [0.3, 0.4) is 0 Å². The largest absolute Gasteiger partial charge is 0.382 e. The summed E-state index contributed by atoms with van der Waals surface area (Å²) in [6.45, 7) is 1.69. The van der Waals surface area contributed by atoms with Gasteiger partial charge in [-0.05, 0) is 25.7 Å². The molecule has 1 heterocycles. The molecule has 0 saturated heterocycles. The summed E-state index contributed by atoms with van der Waals surface area (Å²) in [6, 6.07) is 1.56. The molecule has 2 rings (SSSR count). The maximum atomic E-state index is 11.8. The molecule has 0 radical (unpaired) electrons. The third kappa shape index (κ3) is 1.75. The van der Waals surface area contributed by atoms with Crippen molar-refractivity contribution >= 4 is 15.8 Å². The van der Waals surface area contributed by atoms with Crippen molar-refractivity contribution in [3.8, 4) is 0 Å². The molecule has 0 bridgehead atoms. The van der Waals surface area contributed by atoms with E-state index in [2.05, 4.69) is 5.10 Å². The second-order valence-electron chi connectivity index (χ2n) is 3.78. The van der Waals surface area contributed by atoms with Crippen LogP contribution in [-0.2, 0) is 10.0 Å². The van der Waals surface area contributed by atoms with Crippen molar-refractivity contribution in [2.45, 2.75) is 19.8 Å². The van der Waals surface area contributed by atoms with E-state index in [1.165, 1.54) is 0 Å². The number of hydrogen-bond acceptors (Lipinski definition) is 4. The van der Waals surface area contributed by atoms with Gasteiger partial charge in [-0.15, -0.1) is 5.10 Å². The number of nitrogens with zero attached hydrogens (tertiary/aromatic N) is 2. The summed E-state index contributed by atoms with van der Waals surface area (Å²) in [5.74, 6) is 0.765. The number of hydrogen-bond donors (Lipinski definition) is 1. The van der Waals surface area contributed by atoms with Gasteiger partial charge in [0.1, 0.15) is 5.82 Å². The van der Waals surface area contributed by atoms with Gasteiger partial charge in [-0.1, -0.05) is 0 Å². The Bertz CT molecular complexity index is 445. The van der Waals surface area contributed by atoms with Gasteiger partial charge in [0.05, 0.1) is 11.4 Å². The first kappa shape index (κ1) is 9.51. The van der Waals surface area contributed by atoms with Crippen LogP contribution in [0.15, 0.2) is 6.07 Å². The summed E-state index contributed by atoms with van der Waals surface area (Å²) in [6.07, 6.45) is 2.02. The molecule has 0 aliphatic heterocycles. The van der Waals surface area contributed by atoms with Crippen LogP contribution in [0.5, 0.6) is 0 Å². The van der Waals surface area contributed by atoms with Crippen molar-refractivity contribution in [3.63, 3.8) is 0 Å². The van der Waals surface area contributed by atoms with E-state index < -0.39 is 10.0 Å². The number of aromatic nitrogens is 2. The quantitative estimate of drug-likeness (QED) is 0.789. The smallest absolute Gasteiger partial charge is 0.254 e. The average molecular weight is 215 g/mol. The highest BCUT2D eigenvalue weighted by Crippen LogP contribution is 2.30. The van der Waals surface area contributed by atoms with Crippen molar-refractivity contribution in [2.24, 2.45) is 5.92 Å². The standard InChI is InChI=1S/C8H13N3O2S/c1-6-4-8(9)10-11(6)14(12,13)5-7-2-3-7/h4,7H,2-3,5H2,1H3,(H2,9,10). The normalized spacial score (nSPS) is 17.2. The Morgan fingerprint density at radius 1 is 1.64 bits per heavy atom. The Labute approximate surface area is 83.0 Å². The Morgan fingerprint density at radius 2 is 2.29 bits per heavy atom. The van der Waals surface area contributed by atoms with Crippen molar-refractivity contribution in [1.29, 1.82) is 0 Å². The number of aryl methyl sites for hydroxylation is 1. The molecule has 0 spiro atoms. The molecule has 1 saturated carbocycles. The van der Waals surface area contributed by atoms with Gasteiger partial charge in [0, 0.05) is 6.07 Å². The predicted molar refractivity (Wildman–Crippen MR) is 53.3 cm³/mol. The van der Waals surface area contributed by atoms with Crippen LogP contribution >= 0.6 is 0 Å². The number of anilines is 1. The summed E-state index contributed by atoms with van der Waals surface area (Å²) in [5, 5.41) is 3.77. The van der Waals surface area contributed by atoms with Crippen LogP contribution in [0.2, 0.25) is 0 Å². The lowest BCUT2D eigenvalue weighted by atomic mass is 10.5. The summed E-state index contributed by atoms with van der Waals surface area (Å²) >= 11 is 0. The fourth-order valence-corrected chi connectivity index (χ4v) is 3.20. The summed E-state index contributed by atoms with van der Waals surface area (Å²) in [7, 11) is -3.28. The van der Waals surface area contributed by atoms with E-state index in [1.54, 1.807) is 13.0 Å². The molecule has 14 heavy (non-hydrogen) atoms. The maximum Gasteiger partial charge on any atom is 0.254 e. The average Bonchev–Trinajstić information content (AvgIpc) is 2.76. The van der Waals surface area contributed by atoms with Gasteiger partial charge in [-0.25, -0.2) is 8.42 Å². The summed E-state index contributed by atoms with van der Waals surface area (Å²) in [5.41, 5.74) is 6.00. The van der Waals surface area contributed by atoms with Crippen LogP contribution in [-0.4, -0.2) is 23.4 Å². The highest BCUT2D eigenvalue weighted by molar-refractivity contribution is 7.89. The Kier molecular flexibility index (Phi) is 2.02. The fourth-order valence-electron chi connectivity index (χ4n) is 1.42. The highest BCUT2D eigenvalue weighted by atomic mass is 32.2.